The van der Waals surface area contributed by atoms with Crippen LogP contribution < -0.4 is 21.9 Å². The molecule has 248 valence electrons. The van der Waals surface area contributed by atoms with E-state index in [0.29, 0.717) is 12.8 Å². The number of hydrogen-bond donors (Lipinski definition) is 8. The van der Waals surface area contributed by atoms with Gasteiger partial charge in [-0.25, -0.2) is 18.5 Å². The summed E-state index contributed by atoms with van der Waals surface area (Å²) in [5, 5.41) is 15.4. The number of ether oxygens (including phenoxy) is 1. The molecule has 23 heteroatoms. The van der Waals surface area contributed by atoms with Crippen molar-refractivity contribution < 1.29 is 65.8 Å². The van der Waals surface area contributed by atoms with Gasteiger partial charge in [0.1, 0.15) is 17.9 Å². The van der Waals surface area contributed by atoms with Gasteiger partial charge in [-0.1, -0.05) is 24.7 Å². The number of nitrogens with one attached hydrogen (secondary N) is 3. The van der Waals surface area contributed by atoms with E-state index in [0.717, 1.165) is 30.0 Å². The number of rotatable bonds is 16. The summed E-state index contributed by atoms with van der Waals surface area (Å²) >= 11 is 0. The normalized spacial score (nSPS) is 21.0. The fourth-order valence-corrected chi connectivity index (χ4v) is 6.75. The van der Waals surface area contributed by atoms with Gasteiger partial charge in [-0.2, -0.15) is 8.62 Å². The molecular formula is C21H33N4O16P3. The maximum Gasteiger partial charge on any atom is 0.490 e. The molecule has 44 heavy (non-hydrogen) atoms. The molecule has 2 amide bonds. The van der Waals surface area contributed by atoms with Crippen LogP contribution in [0, 0.1) is 11.8 Å². The van der Waals surface area contributed by atoms with Crippen molar-refractivity contribution in [3.8, 4) is 11.8 Å². The molecule has 1 aromatic heterocycles. The van der Waals surface area contributed by atoms with Gasteiger partial charge in [0, 0.05) is 32.5 Å². The van der Waals surface area contributed by atoms with E-state index in [1.165, 1.54) is 0 Å². The van der Waals surface area contributed by atoms with Crippen molar-refractivity contribution in [1.29, 1.82) is 0 Å². The number of hydrogen-bond acceptors (Lipinski definition) is 12. The molecule has 2 heterocycles. The number of aromatic nitrogens is 2. The Bertz CT molecular complexity index is 1490. The predicted octanol–water partition coefficient (Wildman–Crippen LogP) is -0.917. The quantitative estimate of drug-likeness (QED) is 0.0591. The molecule has 1 aromatic rings. The Kier molecular flexibility index (Phi) is 14.3. The highest BCUT2D eigenvalue weighted by atomic mass is 31.3. The molecule has 2 rings (SSSR count). The third-order valence-electron chi connectivity index (χ3n) is 5.73. The van der Waals surface area contributed by atoms with Gasteiger partial charge in [-0.15, -0.1) is 0 Å². The van der Waals surface area contributed by atoms with Gasteiger partial charge >= 0.3 is 29.2 Å². The molecule has 0 saturated carbocycles. The predicted molar refractivity (Wildman–Crippen MR) is 147 cm³/mol. The van der Waals surface area contributed by atoms with Gasteiger partial charge in [-0.05, 0) is 12.8 Å². The largest absolute Gasteiger partial charge is 0.490 e. The second-order valence-electron chi connectivity index (χ2n) is 9.19. The van der Waals surface area contributed by atoms with Crippen LogP contribution in [0.25, 0.3) is 0 Å². The molecule has 1 aliphatic rings. The molecule has 0 aliphatic carbocycles. The summed E-state index contributed by atoms with van der Waals surface area (Å²) < 4.78 is 52.0. The van der Waals surface area contributed by atoms with Gasteiger partial charge in [0.2, 0.25) is 11.8 Å². The molecular weight excluding hydrogens is 657 g/mol. The van der Waals surface area contributed by atoms with E-state index >= 15 is 0 Å². The molecule has 0 aromatic carbocycles. The zero-order chi connectivity index (χ0) is 33.1. The molecule has 8 N–H and O–H groups in total. The van der Waals surface area contributed by atoms with Crippen LogP contribution in [-0.4, -0.2) is 78.5 Å². The van der Waals surface area contributed by atoms with Gasteiger partial charge < -0.3 is 40.1 Å². The zero-order valence-corrected chi connectivity index (χ0v) is 25.9. The highest BCUT2D eigenvalue weighted by Crippen LogP contribution is 2.66. The monoisotopic (exact) mass is 690 g/mol. The maximum absolute atomic E-state index is 12.4. The standard InChI is InChI=1S/C21H33N4O16P3/c1-22-17(27)8-4-2-3-5-9-18(28)23-10-6-7-14-12-25(21(30)24-20(14)29)19-11-15(26)16(39-19)13-38-43(34,35)41-44(36,37)40-42(31,32)33/h12,15-16,19,26H,2-5,8-11,13H2,1H3,(H,22,27)(H,23,28)(H,34,35)(H,36,37)(H,24,29,30)(H2,31,32,33)/t15-,16-,19-/m1/s1. The molecule has 0 bridgehead atoms. The van der Waals surface area contributed by atoms with E-state index in [-0.39, 0.29) is 36.8 Å². The lowest BCUT2D eigenvalue weighted by Gasteiger charge is -2.19. The van der Waals surface area contributed by atoms with Crippen molar-refractivity contribution in [3.63, 3.8) is 0 Å². The molecule has 1 aliphatic heterocycles. The third kappa shape index (κ3) is 13.7. The second-order valence-corrected chi connectivity index (χ2v) is 13.6. The van der Waals surface area contributed by atoms with Crippen LogP contribution in [-0.2, 0) is 41.2 Å². The number of carbonyl (C=O) groups is 2. The Hall–Kier alpha value is -2.49. The number of phosphoric ester groups is 1. The molecule has 5 atom stereocenters. The summed E-state index contributed by atoms with van der Waals surface area (Å²) in [6.45, 7) is -1.06. The number of unbranched alkanes of at least 4 members (excludes halogenated alkanes) is 3. The molecule has 1 saturated heterocycles. The first kappa shape index (κ1) is 37.7. The van der Waals surface area contributed by atoms with Crippen LogP contribution in [0.2, 0.25) is 0 Å². The lowest BCUT2D eigenvalue weighted by molar-refractivity contribution is -0.121. The van der Waals surface area contributed by atoms with E-state index in [4.69, 9.17) is 14.5 Å². The second kappa shape index (κ2) is 16.7. The van der Waals surface area contributed by atoms with E-state index in [1.54, 1.807) is 7.05 Å². The van der Waals surface area contributed by atoms with Crippen LogP contribution in [0.3, 0.4) is 0 Å². The Morgan fingerprint density at radius 3 is 2.30 bits per heavy atom. The molecule has 0 spiro atoms. The van der Waals surface area contributed by atoms with Gasteiger partial charge in [-0.3, -0.25) is 28.5 Å². The number of amides is 2. The van der Waals surface area contributed by atoms with Gasteiger partial charge in [0.25, 0.3) is 5.56 Å². The first-order valence-electron chi connectivity index (χ1n) is 12.8. The highest BCUT2D eigenvalue weighted by Gasteiger charge is 2.43. The summed E-state index contributed by atoms with van der Waals surface area (Å²) in [4.78, 5) is 85.6. The highest BCUT2D eigenvalue weighted by molar-refractivity contribution is 7.66. The summed E-state index contributed by atoms with van der Waals surface area (Å²) in [5.74, 6) is 4.79. The van der Waals surface area contributed by atoms with E-state index in [2.05, 4.69) is 35.6 Å². The Labute approximate surface area is 249 Å². The molecule has 2 unspecified atom stereocenters. The minimum Gasteiger partial charge on any atom is -0.390 e. The van der Waals surface area contributed by atoms with Crippen molar-refractivity contribution in [3.05, 3.63) is 32.6 Å². The number of aromatic amines is 1. The molecule has 20 nitrogen and oxygen atoms in total. The van der Waals surface area contributed by atoms with Crippen molar-refractivity contribution in [2.45, 2.75) is 63.4 Å². The Balaban J connectivity index is 1.91. The number of aliphatic hydroxyl groups is 1. The van der Waals surface area contributed by atoms with E-state index in [9.17, 15) is 47.8 Å². The van der Waals surface area contributed by atoms with Crippen LogP contribution >= 0.6 is 23.5 Å². The molecule has 0 radical (unpaired) electrons. The first-order valence-corrected chi connectivity index (χ1v) is 17.4. The fraction of sp³-hybridized carbons (Fsp3) is 0.619. The van der Waals surface area contributed by atoms with Crippen LogP contribution in [0.1, 0.15) is 56.7 Å². The third-order valence-corrected chi connectivity index (χ3v) is 9.54. The molecule has 1 fully saturated rings. The minimum absolute atomic E-state index is 0.0409. The maximum atomic E-state index is 12.4. The van der Waals surface area contributed by atoms with Crippen LogP contribution in [0.4, 0.5) is 0 Å². The Morgan fingerprint density at radius 2 is 1.68 bits per heavy atom. The lowest BCUT2D eigenvalue weighted by atomic mass is 10.1. The minimum atomic E-state index is -5.75. The van der Waals surface area contributed by atoms with Crippen molar-refractivity contribution in [2.24, 2.45) is 0 Å². The average Bonchev–Trinajstić information content (AvgIpc) is 3.26. The van der Waals surface area contributed by atoms with Gasteiger partial charge in [0.15, 0.2) is 0 Å². The van der Waals surface area contributed by atoms with Crippen LogP contribution in [0.15, 0.2) is 15.8 Å². The number of aliphatic hydroxyl groups excluding tert-OH is 1. The topological polar surface area (TPSA) is 302 Å². The van der Waals surface area contributed by atoms with Gasteiger partial charge in [0.05, 0.1) is 19.3 Å². The van der Waals surface area contributed by atoms with Crippen LogP contribution in [0.5, 0.6) is 0 Å². The SMILES string of the molecule is CNC(=O)CCCCCCC(=O)NCC#Cc1cn([C@H]2C[C@@H](O)[C@@H](COP(=O)(O)OP(=O)(O)OP(=O)(O)O)O2)c(=O)[nH]c1=O. The van der Waals surface area contributed by atoms with Crippen molar-refractivity contribution in [1.82, 2.24) is 20.2 Å². The number of phosphoric acid groups is 3. The summed E-state index contributed by atoms with van der Waals surface area (Å²) in [6.07, 6.45) is 0.258. The number of nitrogens with zero attached hydrogens (tertiary/aromatic N) is 1. The average molecular weight is 690 g/mol. The Morgan fingerprint density at radius 1 is 1.05 bits per heavy atom. The van der Waals surface area contributed by atoms with E-state index in [1.807, 2.05) is 4.98 Å². The van der Waals surface area contributed by atoms with Crippen molar-refractivity contribution in [2.75, 3.05) is 20.2 Å². The fourth-order valence-electron chi connectivity index (χ4n) is 3.72. The summed E-state index contributed by atoms with van der Waals surface area (Å²) in [7, 11) is -15.3. The summed E-state index contributed by atoms with van der Waals surface area (Å²) in [5.41, 5.74) is -1.98. The van der Waals surface area contributed by atoms with E-state index < -0.39 is 59.8 Å². The summed E-state index contributed by atoms with van der Waals surface area (Å²) in [6, 6.07) is 0. The number of H-pyrrole nitrogens is 1. The zero-order valence-electron chi connectivity index (χ0n) is 23.2. The number of carbonyl (C=O) groups excluding carboxylic acids is 2. The lowest BCUT2D eigenvalue weighted by Crippen LogP contribution is -2.33. The smallest absolute Gasteiger partial charge is 0.390 e. The van der Waals surface area contributed by atoms with Crippen molar-refractivity contribution >= 4 is 35.3 Å². The first-order chi connectivity index (χ1) is 20.4.